The Hall–Kier alpha value is -4.59. The number of nitrogens with two attached hydrogens (primary N) is 1. The standard InChI is InChI=1S/C26H23N7O/c1-16-11-12-19(14-28-16)21-10-6-7-18-13-22(17(2)31-26-30-15-29-25(27)32-26)33(24(34)23(18)21)20-8-4-3-5-9-20/h3-15,17H,1-2H3,(H3,27,29,30,31,32)/t17-/m1/s1. The van der Waals surface area contributed by atoms with Crippen LogP contribution in [0.4, 0.5) is 11.9 Å². The summed E-state index contributed by atoms with van der Waals surface area (Å²) in [6, 6.07) is 21.1. The number of fused-ring (bicyclic) bond motifs is 1. The Bertz CT molecular complexity index is 1530. The minimum Gasteiger partial charge on any atom is -0.368 e. The maximum atomic E-state index is 14.1. The van der Waals surface area contributed by atoms with Crippen molar-refractivity contribution < 1.29 is 0 Å². The van der Waals surface area contributed by atoms with Crippen molar-refractivity contribution in [2.45, 2.75) is 19.9 Å². The monoisotopic (exact) mass is 449 g/mol. The first-order valence-corrected chi connectivity index (χ1v) is 10.9. The Morgan fingerprint density at radius 3 is 2.53 bits per heavy atom. The van der Waals surface area contributed by atoms with Gasteiger partial charge in [0.15, 0.2) is 0 Å². The lowest BCUT2D eigenvalue weighted by atomic mass is 9.98. The number of anilines is 2. The average Bonchev–Trinajstić information content (AvgIpc) is 2.84. The summed E-state index contributed by atoms with van der Waals surface area (Å²) in [7, 11) is 0. The van der Waals surface area contributed by atoms with Gasteiger partial charge in [0.05, 0.1) is 11.4 Å². The zero-order valence-corrected chi connectivity index (χ0v) is 18.8. The van der Waals surface area contributed by atoms with Gasteiger partial charge in [0.1, 0.15) is 6.33 Å². The number of aryl methyl sites for hydroxylation is 1. The molecule has 3 aromatic heterocycles. The van der Waals surface area contributed by atoms with E-state index < -0.39 is 0 Å². The van der Waals surface area contributed by atoms with Gasteiger partial charge in [0.25, 0.3) is 5.56 Å². The molecule has 168 valence electrons. The summed E-state index contributed by atoms with van der Waals surface area (Å²) in [4.78, 5) is 30.6. The van der Waals surface area contributed by atoms with E-state index in [0.29, 0.717) is 11.3 Å². The van der Waals surface area contributed by atoms with Crippen LogP contribution in [0.25, 0.3) is 27.6 Å². The number of nitrogen functional groups attached to an aromatic ring is 1. The highest BCUT2D eigenvalue weighted by Gasteiger charge is 2.19. The number of rotatable bonds is 5. The molecule has 0 radical (unpaired) electrons. The van der Waals surface area contributed by atoms with Gasteiger partial charge in [-0.1, -0.05) is 42.5 Å². The second kappa shape index (κ2) is 8.74. The Kier molecular flexibility index (Phi) is 5.47. The highest BCUT2D eigenvalue weighted by Crippen LogP contribution is 2.29. The minimum atomic E-state index is -0.302. The fourth-order valence-corrected chi connectivity index (χ4v) is 4.06. The van der Waals surface area contributed by atoms with Crippen LogP contribution in [0.15, 0.2) is 84.0 Å². The van der Waals surface area contributed by atoms with Crippen LogP contribution in [0.5, 0.6) is 0 Å². The Balaban J connectivity index is 1.74. The molecule has 0 bridgehead atoms. The van der Waals surface area contributed by atoms with Crippen molar-refractivity contribution in [3.63, 3.8) is 0 Å². The van der Waals surface area contributed by atoms with E-state index in [9.17, 15) is 4.79 Å². The molecule has 0 saturated heterocycles. The lowest BCUT2D eigenvalue weighted by Crippen LogP contribution is -2.26. The first kappa shape index (κ1) is 21.3. The summed E-state index contributed by atoms with van der Waals surface area (Å²) in [6.07, 6.45) is 3.16. The highest BCUT2D eigenvalue weighted by atomic mass is 16.1. The molecule has 0 spiro atoms. The zero-order valence-electron chi connectivity index (χ0n) is 18.8. The number of para-hydroxylation sites is 1. The number of hydrogen-bond donors (Lipinski definition) is 2. The third-order valence-electron chi connectivity index (χ3n) is 5.69. The Morgan fingerprint density at radius 1 is 0.971 bits per heavy atom. The van der Waals surface area contributed by atoms with Crippen LogP contribution >= 0.6 is 0 Å². The number of benzene rings is 2. The minimum absolute atomic E-state index is 0.112. The number of nitrogens with one attached hydrogen (secondary N) is 1. The number of nitrogens with zero attached hydrogens (tertiary/aromatic N) is 5. The first-order chi connectivity index (χ1) is 16.5. The molecule has 5 rings (SSSR count). The molecule has 8 heteroatoms. The van der Waals surface area contributed by atoms with E-state index in [2.05, 4.69) is 25.3 Å². The molecule has 0 saturated carbocycles. The van der Waals surface area contributed by atoms with Gasteiger partial charge in [-0.15, -0.1) is 0 Å². The summed E-state index contributed by atoms with van der Waals surface area (Å²) in [5.41, 5.74) is 9.80. The third-order valence-corrected chi connectivity index (χ3v) is 5.69. The second-order valence-electron chi connectivity index (χ2n) is 8.04. The summed E-state index contributed by atoms with van der Waals surface area (Å²) >= 11 is 0. The van der Waals surface area contributed by atoms with Crippen LogP contribution in [-0.2, 0) is 0 Å². The van der Waals surface area contributed by atoms with Gasteiger partial charge >= 0.3 is 0 Å². The zero-order chi connectivity index (χ0) is 23.7. The van der Waals surface area contributed by atoms with Gasteiger partial charge < -0.3 is 11.1 Å². The van der Waals surface area contributed by atoms with Gasteiger partial charge in [0, 0.05) is 28.8 Å². The largest absolute Gasteiger partial charge is 0.368 e. The topological polar surface area (TPSA) is 112 Å². The predicted octanol–water partition coefficient (Wildman–Crippen LogP) is 4.30. The molecule has 5 aromatic rings. The van der Waals surface area contributed by atoms with E-state index in [1.807, 2.05) is 80.6 Å². The molecule has 8 nitrogen and oxygen atoms in total. The summed E-state index contributed by atoms with van der Waals surface area (Å²) in [6.45, 7) is 3.89. The molecule has 34 heavy (non-hydrogen) atoms. The molecule has 0 aliphatic carbocycles. The molecule has 3 heterocycles. The molecule has 1 atom stereocenters. The normalized spacial score (nSPS) is 11.9. The molecule has 2 aromatic carbocycles. The Morgan fingerprint density at radius 2 is 1.79 bits per heavy atom. The predicted molar refractivity (Wildman–Crippen MR) is 134 cm³/mol. The van der Waals surface area contributed by atoms with E-state index in [1.54, 1.807) is 10.8 Å². The van der Waals surface area contributed by atoms with E-state index >= 15 is 0 Å². The van der Waals surface area contributed by atoms with Crippen LogP contribution in [0.1, 0.15) is 24.4 Å². The van der Waals surface area contributed by atoms with E-state index in [1.165, 1.54) is 6.33 Å². The lowest BCUT2D eigenvalue weighted by molar-refractivity contribution is 0.766. The molecular weight excluding hydrogens is 426 g/mol. The summed E-state index contributed by atoms with van der Waals surface area (Å²) in [5.74, 6) is 0.464. The molecule has 0 amide bonds. The molecule has 0 aliphatic rings. The summed E-state index contributed by atoms with van der Waals surface area (Å²) in [5, 5.41) is 4.72. The van der Waals surface area contributed by atoms with Crippen LogP contribution in [-0.4, -0.2) is 24.5 Å². The smallest absolute Gasteiger partial charge is 0.263 e. The summed E-state index contributed by atoms with van der Waals surface area (Å²) < 4.78 is 1.73. The molecule has 0 aliphatic heterocycles. The van der Waals surface area contributed by atoms with Crippen molar-refractivity contribution in [3.8, 4) is 16.8 Å². The van der Waals surface area contributed by atoms with E-state index in [-0.39, 0.29) is 17.5 Å². The van der Waals surface area contributed by atoms with Crippen molar-refractivity contribution in [1.82, 2.24) is 24.5 Å². The fourth-order valence-electron chi connectivity index (χ4n) is 4.06. The molecule has 0 unspecified atom stereocenters. The van der Waals surface area contributed by atoms with Crippen molar-refractivity contribution in [2.24, 2.45) is 0 Å². The van der Waals surface area contributed by atoms with E-state index in [4.69, 9.17) is 5.73 Å². The number of aromatic nitrogens is 5. The highest BCUT2D eigenvalue weighted by molar-refractivity contribution is 5.96. The van der Waals surface area contributed by atoms with Gasteiger partial charge in [-0.05, 0) is 49.1 Å². The van der Waals surface area contributed by atoms with Gasteiger partial charge in [0.2, 0.25) is 11.9 Å². The van der Waals surface area contributed by atoms with Crippen molar-refractivity contribution in [2.75, 3.05) is 11.1 Å². The van der Waals surface area contributed by atoms with Crippen LogP contribution in [0.3, 0.4) is 0 Å². The van der Waals surface area contributed by atoms with E-state index in [0.717, 1.165) is 33.6 Å². The third kappa shape index (κ3) is 3.97. The van der Waals surface area contributed by atoms with Crippen LogP contribution < -0.4 is 16.6 Å². The molecule has 0 fully saturated rings. The van der Waals surface area contributed by atoms with Crippen molar-refractivity contribution in [1.29, 1.82) is 0 Å². The maximum absolute atomic E-state index is 14.1. The number of hydrogen-bond acceptors (Lipinski definition) is 7. The van der Waals surface area contributed by atoms with Gasteiger partial charge in [-0.25, -0.2) is 9.97 Å². The van der Waals surface area contributed by atoms with Crippen LogP contribution in [0, 0.1) is 6.92 Å². The maximum Gasteiger partial charge on any atom is 0.263 e. The molecule has 3 N–H and O–H groups in total. The van der Waals surface area contributed by atoms with Crippen molar-refractivity contribution in [3.05, 3.63) is 101 Å². The quantitative estimate of drug-likeness (QED) is 0.411. The van der Waals surface area contributed by atoms with Gasteiger partial charge in [-0.3, -0.25) is 14.3 Å². The average molecular weight is 450 g/mol. The molecular formula is C26H23N7O. The second-order valence-corrected chi connectivity index (χ2v) is 8.04. The van der Waals surface area contributed by atoms with Gasteiger partial charge in [-0.2, -0.15) is 4.98 Å². The van der Waals surface area contributed by atoms with Crippen LogP contribution in [0.2, 0.25) is 0 Å². The van der Waals surface area contributed by atoms with Crippen molar-refractivity contribution >= 4 is 22.7 Å². The lowest BCUT2D eigenvalue weighted by Gasteiger charge is -2.21. The fraction of sp³-hybridized carbons (Fsp3) is 0.115. The number of pyridine rings is 2. The SMILES string of the molecule is Cc1ccc(-c2cccc3cc([C@@H](C)Nc4ncnc(N)n4)n(-c4ccccc4)c(=O)c23)cn1. The first-order valence-electron chi connectivity index (χ1n) is 10.9. The Labute approximate surface area is 196 Å².